The van der Waals surface area contributed by atoms with E-state index in [4.69, 9.17) is 0 Å². The molecule has 3 rings (SSSR count). The minimum absolute atomic E-state index is 0.0245. The second-order valence-electron chi connectivity index (χ2n) is 5.90. The summed E-state index contributed by atoms with van der Waals surface area (Å²) in [6.07, 6.45) is 0.324. The predicted octanol–water partition coefficient (Wildman–Crippen LogP) is 3.86. The molecule has 2 aromatic rings. The van der Waals surface area contributed by atoms with Gasteiger partial charge in [-0.05, 0) is 25.5 Å². The second-order valence-corrected chi connectivity index (χ2v) is 5.90. The van der Waals surface area contributed by atoms with Crippen LogP contribution in [0.25, 0.3) is 0 Å². The maximum absolute atomic E-state index is 12.6. The highest BCUT2D eigenvalue weighted by molar-refractivity contribution is 6.02. The fraction of sp³-hybridized carbons (Fsp3) is 0.263. The lowest BCUT2D eigenvalue weighted by Gasteiger charge is -2.28. The van der Waals surface area contributed by atoms with Gasteiger partial charge in [-0.2, -0.15) is 0 Å². The highest BCUT2D eigenvalue weighted by Gasteiger charge is 2.38. The van der Waals surface area contributed by atoms with Crippen LogP contribution < -0.4 is 0 Å². The number of nitrogens with zero attached hydrogens (tertiary/aromatic N) is 1. The van der Waals surface area contributed by atoms with Gasteiger partial charge in [-0.15, -0.1) is 0 Å². The summed E-state index contributed by atoms with van der Waals surface area (Å²) in [6.45, 7) is 3.98. The van der Waals surface area contributed by atoms with Crippen LogP contribution in [0.5, 0.6) is 0 Å². The zero-order chi connectivity index (χ0) is 15.7. The SMILES string of the molecule is CC(C)N1C(=O)c2ccccc2C1CC(=O)c1ccccc1. The molecule has 0 saturated heterocycles. The number of rotatable bonds is 4. The normalized spacial score (nSPS) is 17.0. The van der Waals surface area contributed by atoms with E-state index in [2.05, 4.69) is 0 Å². The van der Waals surface area contributed by atoms with Gasteiger partial charge in [0.05, 0.1) is 6.04 Å². The monoisotopic (exact) mass is 293 g/mol. The van der Waals surface area contributed by atoms with E-state index in [0.29, 0.717) is 12.0 Å². The molecule has 3 nitrogen and oxygen atoms in total. The average molecular weight is 293 g/mol. The summed E-state index contributed by atoms with van der Waals surface area (Å²) < 4.78 is 0. The summed E-state index contributed by atoms with van der Waals surface area (Å²) >= 11 is 0. The van der Waals surface area contributed by atoms with Gasteiger partial charge in [-0.25, -0.2) is 0 Å². The van der Waals surface area contributed by atoms with Gasteiger partial charge in [0, 0.05) is 23.6 Å². The fourth-order valence-electron chi connectivity index (χ4n) is 3.13. The number of carbonyl (C=O) groups excluding carboxylic acids is 2. The third kappa shape index (κ3) is 2.43. The summed E-state index contributed by atoms with van der Waals surface area (Å²) in [7, 11) is 0. The Morgan fingerprint density at radius 2 is 1.68 bits per heavy atom. The van der Waals surface area contributed by atoms with Gasteiger partial charge < -0.3 is 4.90 Å². The van der Waals surface area contributed by atoms with E-state index in [1.807, 2.05) is 73.3 Å². The van der Waals surface area contributed by atoms with Crippen LogP contribution in [-0.2, 0) is 0 Å². The van der Waals surface area contributed by atoms with Crippen molar-refractivity contribution in [2.24, 2.45) is 0 Å². The van der Waals surface area contributed by atoms with Crippen LogP contribution in [0.1, 0.15) is 52.6 Å². The van der Waals surface area contributed by atoms with Crippen molar-refractivity contribution in [3.8, 4) is 0 Å². The van der Waals surface area contributed by atoms with Gasteiger partial charge in [0.15, 0.2) is 5.78 Å². The summed E-state index contributed by atoms with van der Waals surface area (Å²) in [5, 5.41) is 0. The minimum atomic E-state index is -0.170. The topological polar surface area (TPSA) is 37.4 Å². The Kier molecular flexibility index (Phi) is 3.80. The standard InChI is InChI=1S/C19H19NO2/c1-13(2)20-17(12-18(21)14-8-4-3-5-9-14)15-10-6-7-11-16(15)19(20)22/h3-11,13,17H,12H2,1-2H3. The molecule has 1 aliphatic rings. The van der Waals surface area contributed by atoms with Crippen molar-refractivity contribution in [1.29, 1.82) is 0 Å². The van der Waals surface area contributed by atoms with Gasteiger partial charge in [-0.3, -0.25) is 9.59 Å². The molecular formula is C19H19NO2. The van der Waals surface area contributed by atoms with Gasteiger partial charge in [-0.1, -0.05) is 48.5 Å². The molecule has 2 aromatic carbocycles. The van der Waals surface area contributed by atoms with Crippen molar-refractivity contribution < 1.29 is 9.59 Å². The third-order valence-corrected chi connectivity index (χ3v) is 4.15. The average Bonchev–Trinajstić information content (AvgIpc) is 2.81. The molecule has 1 atom stereocenters. The highest BCUT2D eigenvalue weighted by Crippen LogP contribution is 2.37. The van der Waals surface area contributed by atoms with E-state index < -0.39 is 0 Å². The van der Waals surface area contributed by atoms with Crippen LogP contribution in [0.2, 0.25) is 0 Å². The Morgan fingerprint density at radius 1 is 1.05 bits per heavy atom. The molecule has 0 aliphatic carbocycles. The number of hydrogen-bond donors (Lipinski definition) is 0. The summed E-state index contributed by atoms with van der Waals surface area (Å²) in [5.41, 5.74) is 2.38. The first kappa shape index (κ1) is 14.5. The van der Waals surface area contributed by atoms with Crippen molar-refractivity contribution in [2.75, 3.05) is 0 Å². The molecule has 0 spiro atoms. The number of fused-ring (bicyclic) bond motifs is 1. The van der Waals surface area contributed by atoms with E-state index in [-0.39, 0.29) is 23.8 Å². The van der Waals surface area contributed by atoms with Crippen LogP contribution >= 0.6 is 0 Å². The fourth-order valence-corrected chi connectivity index (χ4v) is 3.13. The van der Waals surface area contributed by atoms with Gasteiger partial charge in [0.25, 0.3) is 5.91 Å². The van der Waals surface area contributed by atoms with Crippen LogP contribution in [0, 0.1) is 0 Å². The van der Waals surface area contributed by atoms with Crippen molar-refractivity contribution in [3.05, 3.63) is 71.3 Å². The van der Waals surface area contributed by atoms with Gasteiger partial charge >= 0.3 is 0 Å². The largest absolute Gasteiger partial charge is 0.329 e. The van der Waals surface area contributed by atoms with Crippen molar-refractivity contribution in [2.45, 2.75) is 32.4 Å². The maximum atomic E-state index is 12.6. The third-order valence-electron chi connectivity index (χ3n) is 4.15. The predicted molar refractivity (Wildman–Crippen MR) is 85.9 cm³/mol. The lowest BCUT2D eigenvalue weighted by molar-refractivity contribution is 0.0640. The van der Waals surface area contributed by atoms with Gasteiger partial charge in [0.2, 0.25) is 0 Å². The smallest absolute Gasteiger partial charge is 0.254 e. The molecule has 22 heavy (non-hydrogen) atoms. The lowest BCUT2D eigenvalue weighted by Crippen LogP contribution is -2.35. The highest BCUT2D eigenvalue weighted by atomic mass is 16.2. The maximum Gasteiger partial charge on any atom is 0.254 e. The summed E-state index contributed by atoms with van der Waals surface area (Å²) in [5.74, 6) is 0.0946. The number of Topliss-reactive ketones (excluding diaryl/α,β-unsaturated/α-hetero) is 1. The number of benzene rings is 2. The van der Waals surface area contributed by atoms with E-state index in [1.165, 1.54) is 0 Å². The summed E-state index contributed by atoms with van der Waals surface area (Å²) in [6, 6.07) is 16.8. The molecular weight excluding hydrogens is 274 g/mol. The molecule has 0 fully saturated rings. The molecule has 1 amide bonds. The molecule has 0 saturated carbocycles. The first-order valence-corrected chi connectivity index (χ1v) is 7.59. The van der Waals surface area contributed by atoms with E-state index in [0.717, 1.165) is 11.1 Å². The Morgan fingerprint density at radius 3 is 2.36 bits per heavy atom. The van der Waals surface area contributed by atoms with E-state index in [9.17, 15) is 9.59 Å². The first-order valence-electron chi connectivity index (χ1n) is 7.59. The van der Waals surface area contributed by atoms with Crippen LogP contribution in [-0.4, -0.2) is 22.6 Å². The van der Waals surface area contributed by atoms with Crippen molar-refractivity contribution in [3.63, 3.8) is 0 Å². The Bertz CT molecular complexity index is 706. The minimum Gasteiger partial charge on any atom is -0.329 e. The molecule has 0 N–H and O–H groups in total. The zero-order valence-corrected chi connectivity index (χ0v) is 12.8. The molecule has 1 heterocycles. The Hall–Kier alpha value is -2.42. The lowest BCUT2D eigenvalue weighted by atomic mass is 9.97. The molecule has 3 heteroatoms. The number of ketones is 1. The summed E-state index contributed by atoms with van der Waals surface area (Å²) in [4.78, 5) is 27.0. The second kappa shape index (κ2) is 5.76. The quantitative estimate of drug-likeness (QED) is 0.803. The van der Waals surface area contributed by atoms with Crippen molar-refractivity contribution in [1.82, 2.24) is 4.90 Å². The first-order chi connectivity index (χ1) is 10.6. The van der Waals surface area contributed by atoms with Crippen LogP contribution in [0.4, 0.5) is 0 Å². The van der Waals surface area contributed by atoms with Gasteiger partial charge in [0.1, 0.15) is 0 Å². The number of carbonyl (C=O) groups is 2. The van der Waals surface area contributed by atoms with E-state index >= 15 is 0 Å². The molecule has 1 unspecified atom stereocenters. The Balaban J connectivity index is 1.94. The number of amides is 1. The molecule has 1 aliphatic heterocycles. The zero-order valence-electron chi connectivity index (χ0n) is 12.8. The molecule has 112 valence electrons. The van der Waals surface area contributed by atoms with Crippen molar-refractivity contribution >= 4 is 11.7 Å². The number of hydrogen-bond acceptors (Lipinski definition) is 2. The van der Waals surface area contributed by atoms with E-state index in [1.54, 1.807) is 0 Å². The Labute approximate surface area is 130 Å². The van der Waals surface area contributed by atoms with Crippen LogP contribution in [0.15, 0.2) is 54.6 Å². The molecule has 0 aromatic heterocycles. The molecule has 0 bridgehead atoms. The van der Waals surface area contributed by atoms with Crippen LogP contribution in [0.3, 0.4) is 0 Å². The molecule has 0 radical (unpaired) electrons.